The van der Waals surface area contributed by atoms with Gasteiger partial charge in [-0.1, -0.05) is 25.3 Å². The van der Waals surface area contributed by atoms with E-state index in [4.69, 9.17) is 9.41 Å². The van der Waals surface area contributed by atoms with Crippen LogP contribution in [-0.4, -0.2) is 42.4 Å². The van der Waals surface area contributed by atoms with E-state index in [-0.39, 0.29) is 12.0 Å². The second kappa shape index (κ2) is 10.7. The number of carbonyl (C=O) groups excluding carboxylic acids is 1. The van der Waals surface area contributed by atoms with Crippen LogP contribution < -0.4 is 10.6 Å². The fourth-order valence-electron chi connectivity index (χ4n) is 4.35. The van der Waals surface area contributed by atoms with Crippen LogP contribution in [0, 0.1) is 5.92 Å². The molecule has 1 aliphatic heterocycles. The van der Waals surface area contributed by atoms with Gasteiger partial charge in [-0.05, 0) is 42.8 Å². The third-order valence-electron chi connectivity index (χ3n) is 6.01. The molecule has 3 heterocycles. The first kappa shape index (κ1) is 21.0. The average Bonchev–Trinajstić information content (AvgIpc) is 3.55. The van der Waals surface area contributed by atoms with Crippen molar-refractivity contribution in [3.63, 3.8) is 0 Å². The van der Waals surface area contributed by atoms with Gasteiger partial charge in [-0.15, -0.1) is 11.3 Å². The first-order chi connectivity index (χ1) is 14.8. The van der Waals surface area contributed by atoms with Crippen molar-refractivity contribution in [2.45, 2.75) is 57.5 Å². The number of amides is 1. The molecule has 6 nitrogen and oxygen atoms in total. The monoisotopic (exact) mass is 428 g/mol. The van der Waals surface area contributed by atoms with Crippen molar-refractivity contribution in [2.75, 3.05) is 19.6 Å². The number of carbonyl (C=O) groups is 1. The second-order valence-corrected chi connectivity index (χ2v) is 9.28. The number of hydrogen-bond acceptors (Lipinski definition) is 4. The van der Waals surface area contributed by atoms with Crippen LogP contribution in [0.3, 0.4) is 0 Å². The molecule has 2 aromatic heterocycles. The molecule has 1 atom stereocenters. The maximum atomic E-state index is 12.9. The largest absolute Gasteiger partial charge is 0.469 e. The number of nitrogens with one attached hydrogen (secondary N) is 2. The first-order valence-electron chi connectivity index (χ1n) is 11.2. The van der Waals surface area contributed by atoms with E-state index in [1.54, 1.807) is 17.6 Å². The van der Waals surface area contributed by atoms with Crippen molar-refractivity contribution < 1.29 is 9.21 Å². The van der Waals surface area contributed by atoms with Crippen LogP contribution in [0.2, 0.25) is 0 Å². The lowest BCUT2D eigenvalue weighted by atomic mass is 9.88. The summed E-state index contributed by atoms with van der Waals surface area (Å²) in [6.07, 6.45) is 9.29. The topological polar surface area (TPSA) is 69.9 Å². The number of likely N-dealkylation sites (tertiary alicyclic amines) is 1. The molecule has 0 spiro atoms. The predicted molar refractivity (Wildman–Crippen MR) is 121 cm³/mol. The zero-order valence-corrected chi connectivity index (χ0v) is 18.3. The Morgan fingerprint density at radius 2 is 2.10 bits per heavy atom. The average molecular weight is 429 g/mol. The predicted octanol–water partition coefficient (Wildman–Crippen LogP) is 3.80. The molecule has 30 heavy (non-hydrogen) atoms. The molecule has 0 radical (unpaired) electrons. The molecule has 1 saturated carbocycles. The Labute approximate surface area is 182 Å². The van der Waals surface area contributed by atoms with Crippen LogP contribution >= 0.6 is 11.3 Å². The molecule has 2 aliphatic rings. The van der Waals surface area contributed by atoms with E-state index in [0.717, 1.165) is 57.0 Å². The molecule has 1 saturated heterocycles. The molecule has 7 heteroatoms. The molecule has 2 fully saturated rings. The van der Waals surface area contributed by atoms with Gasteiger partial charge in [0.15, 0.2) is 5.96 Å². The molecule has 162 valence electrons. The lowest BCUT2D eigenvalue weighted by Gasteiger charge is -2.26. The van der Waals surface area contributed by atoms with Crippen LogP contribution in [0.5, 0.6) is 0 Å². The number of nitrogens with zero attached hydrogens (tertiary/aromatic N) is 2. The molecule has 2 N–H and O–H groups in total. The summed E-state index contributed by atoms with van der Waals surface area (Å²) in [5, 5.41) is 9.08. The Bertz CT molecular complexity index is 797. The van der Waals surface area contributed by atoms with Gasteiger partial charge in [0.1, 0.15) is 5.76 Å². The Hall–Kier alpha value is -2.28. The number of rotatable bonds is 7. The number of hydrogen-bond donors (Lipinski definition) is 2. The summed E-state index contributed by atoms with van der Waals surface area (Å²) < 4.78 is 5.42. The third kappa shape index (κ3) is 5.88. The highest BCUT2D eigenvalue weighted by Gasteiger charge is 2.31. The fourth-order valence-corrected chi connectivity index (χ4v) is 4.98. The van der Waals surface area contributed by atoms with E-state index in [1.165, 1.54) is 24.1 Å². The van der Waals surface area contributed by atoms with Gasteiger partial charge in [0, 0.05) is 42.9 Å². The van der Waals surface area contributed by atoms with Gasteiger partial charge >= 0.3 is 0 Å². The van der Waals surface area contributed by atoms with Gasteiger partial charge in [-0.3, -0.25) is 4.79 Å². The van der Waals surface area contributed by atoms with Crippen molar-refractivity contribution in [1.82, 2.24) is 15.5 Å². The second-order valence-electron chi connectivity index (χ2n) is 8.25. The van der Waals surface area contributed by atoms with E-state index >= 15 is 0 Å². The summed E-state index contributed by atoms with van der Waals surface area (Å²) in [5.74, 6) is 2.38. The SMILES string of the molecule is O=C(C1CCCCC1)N1CCC(NC(=NCc2cccs2)NCCc2ccco2)C1. The van der Waals surface area contributed by atoms with Gasteiger partial charge in [0.05, 0.1) is 12.8 Å². The molecule has 1 unspecified atom stereocenters. The maximum Gasteiger partial charge on any atom is 0.225 e. The zero-order valence-electron chi connectivity index (χ0n) is 17.5. The van der Waals surface area contributed by atoms with Crippen LogP contribution in [-0.2, 0) is 17.8 Å². The van der Waals surface area contributed by atoms with E-state index < -0.39 is 0 Å². The number of aliphatic imine (C=N–C) groups is 1. The molecular weight excluding hydrogens is 396 g/mol. The van der Waals surface area contributed by atoms with E-state index in [9.17, 15) is 4.79 Å². The van der Waals surface area contributed by atoms with Crippen molar-refractivity contribution in [3.05, 3.63) is 46.5 Å². The summed E-state index contributed by atoms with van der Waals surface area (Å²) in [6.45, 7) is 3.03. The van der Waals surface area contributed by atoms with Crippen molar-refractivity contribution in [1.29, 1.82) is 0 Å². The maximum absolute atomic E-state index is 12.9. The number of furan rings is 1. The van der Waals surface area contributed by atoms with Gasteiger partial charge in [-0.25, -0.2) is 4.99 Å². The normalized spacial score (nSPS) is 20.5. The summed E-state index contributed by atoms with van der Waals surface area (Å²) in [6, 6.07) is 8.31. The van der Waals surface area contributed by atoms with Crippen molar-refractivity contribution >= 4 is 23.2 Å². The van der Waals surface area contributed by atoms with Crippen LogP contribution in [0.4, 0.5) is 0 Å². The molecule has 1 aliphatic carbocycles. The molecule has 0 aromatic carbocycles. The fraction of sp³-hybridized carbons (Fsp3) is 0.565. The lowest BCUT2D eigenvalue weighted by molar-refractivity contribution is -0.135. The Morgan fingerprint density at radius 3 is 2.87 bits per heavy atom. The quantitative estimate of drug-likeness (QED) is 0.520. The van der Waals surface area contributed by atoms with E-state index in [0.29, 0.717) is 12.5 Å². The summed E-state index contributed by atoms with van der Waals surface area (Å²) in [7, 11) is 0. The van der Waals surface area contributed by atoms with Gasteiger partial charge in [-0.2, -0.15) is 0 Å². The number of guanidine groups is 1. The molecule has 1 amide bonds. The molecule has 0 bridgehead atoms. The van der Waals surface area contributed by atoms with Crippen LogP contribution in [0.25, 0.3) is 0 Å². The summed E-state index contributed by atoms with van der Waals surface area (Å²) >= 11 is 1.72. The lowest BCUT2D eigenvalue weighted by Crippen LogP contribution is -2.46. The summed E-state index contributed by atoms with van der Waals surface area (Å²) in [4.78, 5) is 20.9. The van der Waals surface area contributed by atoms with Crippen LogP contribution in [0.1, 0.15) is 49.2 Å². The van der Waals surface area contributed by atoms with E-state index in [2.05, 4.69) is 33.0 Å². The van der Waals surface area contributed by atoms with Crippen molar-refractivity contribution in [2.24, 2.45) is 10.9 Å². The zero-order chi connectivity index (χ0) is 20.6. The Kier molecular flexibility index (Phi) is 7.45. The highest BCUT2D eigenvalue weighted by molar-refractivity contribution is 7.09. The Morgan fingerprint density at radius 1 is 1.20 bits per heavy atom. The van der Waals surface area contributed by atoms with E-state index in [1.807, 2.05) is 12.1 Å². The smallest absolute Gasteiger partial charge is 0.225 e. The molecule has 2 aromatic rings. The minimum atomic E-state index is 0.246. The third-order valence-corrected chi connectivity index (χ3v) is 6.87. The van der Waals surface area contributed by atoms with Gasteiger partial charge in [0.2, 0.25) is 5.91 Å². The van der Waals surface area contributed by atoms with Gasteiger partial charge < -0.3 is 20.0 Å². The first-order valence-corrected chi connectivity index (χ1v) is 12.0. The minimum Gasteiger partial charge on any atom is -0.469 e. The summed E-state index contributed by atoms with van der Waals surface area (Å²) in [5.41, 5.74) is 0. The Balaban J connectivity index is 1.31. The molecular formula is C23H32N4O2S. The number of thiophene rings is 1. The highest BCUT2D eigenvalue weighted by atomic mass is 32.1. The highest BCUT2D eigenvalue weighted by Crippen LogP contribution is 2.26. The minimum absolute atomic E-state index is 0.246. The molecule has 4 rings (SSSR count). The standard InChI is InChI=1S/C23H32N4O2S/c28-22(18-6-2-1-3-7-18)27-13-11-19(17-27)26-23(25-16-21-9-5-15-30-21)24-12-10-20-8-4-14-29-20/h4-5,8-9,14-15,18-19H,1-3,6-7,10-13,16-17H2,(H2,24,25,26). The van der Waals surface area contributed by atoms with Gasteiger partial charge in [0.25, 0.3) is 0 Å². The van der Waals surface area contributed by atoms with Crippen LogP contribution in [0.15, 0.2) is 45.3 Å². The van der Waals surface area contributed by atoms with Crippen molar-refractivity contribution in [3.8, 4) is 0 Å².